The lowest BCUT2D eigenvalue weighted by atomic mass is 9.78. The Labute approximate surface area is 136 Å². The zero-order valence-electron chi connectivity index (χ0n) is 13.2. The molecular formula is C20H22FNO. The number of amides is 1. The van der Waals surface area contributed by atoms with Gasteiger partial charge in [-0.2, -0.15) is 0 Å². The molecule has 1 saturated carbocycles. The van der Waals surface area contributed by atoms with Gasteiger partial charge >= 0.3 is 0 Å². The normalized spacial score (nSPS) is 16.2. The molecule has 0 saturated heterocycles. The fourth-order valence-corrected chi connectivity index (χ4v) is 3.53. The van der Waals surface area contributed by atoms with E-state index in [4.69, 9.17) is 0 Å². The van der Waals surface area contributed by atoms with Gasteiger partial charge in [-0.15, -0.1) is 0 Å². The number of hydrogen-bond donors (Lipinski definition) is 1. The van der Waals surface area contributed by atoms with Crippen molar-refractivity contribution in [3.63, 3.8) is 0 Å². The van der Waals surface area contributed by atoms with Crippen LogP contribution >= 0.6 is 0 Å². The maximum atomic E-state index is 13.2. The van der Waals surface area contributed by atoms with E-state index in [0.29, 0.717) is 6.54 Å². The van der Waals surface area contributed by atoms with Crippen LogP contribution in [0, 0.1) is 5.82 Å². The molecule has 1 fully saturated rings. The fraction of sp³-hybridized carbons (Fsp3) is 0.350. The minimum Gasteiger partial charge on any atom is -0.355 e. The van der Waals surface area contributed by atoms with Crippen molar-refractivity contribution in [2.24, 2.45) is 0 Å². The number of carbonyl (C=O) groups is 1. The van der Waals surface area contributed by atoms with Crippen molar-refractivity contribution in [1.82, 2.24) is 5.32 Å². The van der Waals surface area contributed by atoms with Crippen LogP contribution in [0.2, 0.25) is 0 Å². The molecular weight excluding hydrogens is 289 g/mol. The van der Waals surface area contributed by atoms with Gasteiger partial charge in [-0.1, -0.05) is 55.3 Å². The minimum atomic E-state index is -0.482. The van der Waals surface area contributed by atoms with Gasteiger partial charge < -0.3 is 5.32 Å². The molecule has 0 unspecified atom stereocenters. The number of benzene rings is 2. The Hall–Kier alpha value is -2.16. The number of carbonyl (C=O) groups excluding carboxylic acids is 1. The fourth-order valence-electron chi connectivity index (χ4n) is 3.53. The van der Waals surface area contributed by atoms with Gasteiger partial charge in [-0.25, -0.2) is 4.39 Å². The number of nitrogens with one attached hydrogen (secondary N) is 1. The van der Waals surface area contributed by atoms with Crippen LogP contribution in [0.3, 0.4) is 0 Å². The number of halogens is 1. The Morgan fingerprint density at radius 3 is 2.30 bits per heavy atom. The first kappa shape index (κ1) is 15.7. The van der Waals surface area contributed by atoms with Crippen molar-refractivity contribution in [3.8, 4) is 0 Å². The largest absolute Gasteiger partial charge is 0.355 e. The van der Waals surface area contributed by atoms with E-state index in [2.05, 4.69) is 17.4 Å². The molecule has 0 aromatic heterocycles. The quantitative estimate of drug-likeness (QED) is 0.888. The highest BCUT2D eigenvalue weighted by molar-refractivity contribution is 5.88. The van der Waals surface area contributed by atoms with Crippen LogP contribution in [-0.4, -0.2) is 12.5 Å². The Balaban J connectivity index is 1.68. The Morgan fingerprint density at radius 2 is 1.65 bits per heavy atom. The molecule has 0 heterocycles. The number of hydrogen-bond acceptors (Lipinski definition) is 1. The first-order valence-corrected chi connectivity index (χ1v) is 8.29. The van der Waals surface area contributed by atoms with Gasteiger partial charge in [0.25, 0.3) is 0 Å². The standard InChI is InChI=1S/C20H22FNO/c21-18-10-8-17(9-11-18)20(13-4-5-14-20)19(23)22-15-12-16-6-2-1-3-7-16/h1-3,6-11H,4-5,12-15H2,(H,22,23). The summed E-state index contributed by atoms with van der Waals surface area (Å²) in [6.07, 6.45) is 4.60. The monoisotopic (exact) mass is 311 g/mol. The molecule has 2 nitrogen and oxygen atoms in total. The highest BCUT2D eigenvalue weighted by Crippen LogP contribution is 2.41. The topological polar surface area (TPSA) is 29.1 Å². The van der Waals surface area contributed by atoms with Gasteiger partial charge in [0.15, 0.2) is 0 Å². The molecule has 23 heavy (non-hydrogen) atoms. The highest BCUT2D eigenvalue weighted by Gasteiger charge is 2.42. The van der Waals surface area contributed by atoms with E-state index in [9.17, 15) is 9.18 Å². The molecule has 0 aliphatic heterocycles. The average Bonchev–Trinajstić information content (AvgIpc) is 3.07. The summed E-state index contributed by atoms with van der Waals surface area (Å²) < 4.78 is 13.2. The van der Waals surface area contributed by atoms with Crippen molar-refractivity contribution >= 4 is 5.91 Å². The first-order chi connectivity index (χ1) is 11.2. The zero-order valence-corrected chi connectivity index (χ0v) is 13.2. The summed E-state index contributed by atoms with van der Waals surface area (Å²) in [6, 6.07) is 16.6. The van der Waals surface area contributed by atoms with E-state index in [1.54, 1.807) is 12.1 Å². The Bertz CT molecular complexity index is 645. The van der Waals surface area contributed by atoms with Crippen molar-refractivity contribution in [2.45, 2.75) is 37.5 Å². The van der Waals surface area contributed by atoms with Gasteiger partial charge in [0.05, 0.1) is 5.41 Å². The minimum absolute atomic E-state index is 0.0811. The highest BCUT2D eigenvalue weighted by atomic mass is 19.1. The average molecular weight is 311 g/mol. The lowest BCUT2D eigenvalue weighted by molar-refractivity contribution is -0.126. The molecule has 0 atom stereocenters. The van der Waals surface area contributed by atoms with E-state index < -0.39 is 5.41 Å². The van der Waals surface area contributed by atoms with Crippen LogP contribution in [-0.2, 0) is 16.6 Å². The summed E-state index contributed by atoms with van der Waals surface area (Å²) in [4.78, 5) is 12.8. The van der Waals surface area contributed by atoms with Crippen molar-refractivity contribution in [2.75, 3.05) is 6.54 Å². The summed E-state index contributed by atoms with van der Waals surface area (Å²) in [6.45, 7) is 0.631. The SMILES string of the molecule is O=C(NCCc1ccccc1)C1(c2ccc(F)cc2)CCCC1. The molecule has 0 radical (unpaired) electrons. The maximum absolute atomic E-state index is 13.2. The lowest BCUT2D eigenvalue weighted by Gasteiger charge is -2.28. The molecule has 0 bridgehead atoms. The van der Waals surface area contributed by atoms with E-state index in [0.717, 1.165) is 37.7 Å². The van der Waals surface area contributed by atoms with E-state index in [1.165, 1.54) is 17.7 Å². The summed E-state index contributed by atoms with van der Waals surface area (Å²) in [5.41, 5.74) is 1.67. The molecule has 1 aliphatic carbocycles. The molecule has 3 heteroatoms. The van der Waals surface area contributed by atoms with E-state index >= 15 is 0 Å². The number of rotatable bonds is 5. The van der Waals surface area contributed by atoms with Gasteiger partial charge in [-0.3, -0.25) is 4.79 Å². The van der Waals surface area contributed by atoms with Crippen LogP contribution in [0.25, 0.3) is 0 Å². The molecule has 120 valence electrons. The van der Waals surface area contributed by atoms with Crippen molar-refractivity contribution in [3.05, 3.63) is 71.5 Å². The molecule has 2 aromatic carbocycles. The van der Waals surface area contributed by atoms with Gasteiger partial charge in [0.2, 0.25) is 5.91 Å². The van der Waals surface area contributed by atoms with E-state index in [-0.39, 0.29) is 11.7 Å². The lowest BCUT2D eigenvalue weighted by Crippen LogP contribution is -2.43. The third-order valence-electron chi connectivity index (χ3n) is 4.83. The van der Waals surface area contributed by atoms with Gasteiger partial charge in [-0.05, 0) is 42.5 Å². The van der Waals surface area contributed by atoms with E-state index in [1.807, 2.05) is 18.2 Å². The second kappa shape index (κ2) is 6.95. The maximum Gasteiger partial charge on any atom is 0.230 e. The Morgan fingerprint density at radius 1 is 1.00 bits per heavy atom. The second-order valence-electron chi connectivity index (χ2n) is 6.29. The van der Waals surface area contributed by atoms with Crippen LogP contribution < -0.4 is 5.32 Å². The third-order valence-corrected chi connectivity index (χ3v) is 4.83. The van der Waals surface area contributed by atoms with Gasteiger partial charge in [0.1, 0.15) is 5.82 Å². The van der Waals surface area contributed by atoms with Gasteiger partial charge in [0, 0.05) is 6.54 Å². The summed E-state index contributed by atoms with van der Waals surface area (Å²) in [7, 11) is 0. The zero-order chi connectivity index (χ0) is 16.1. The van der Waals surface area contributed by atoms with Crippen LogP contribution in [0.1, 0.15) is 36.8 Å². The summed E-state index contributed by atoms with van der Waals surface area (Å²) in [5, 5.41) is 3.09. The third kappa shape index (κ3) is 3.44. The smallest absolute Gasteiger partial charge is 0.230 e. The molecule has 1 N–H and O–H groups in total. The molecule has 1 aliphatic rings. The molecule has 3 rings (SSSR count). The Kier molecular flexibility index (Phi) is 4.75. The predicted octanol–water partition coefficient (Wildman–Crippen LogP) is 4.00. The second-order valence-corrected chi connectivity index (χ2v) is 6.29. The molecule has 1 amide bonds. The van der Waals surface area contributed by atoms with Crippen LogP contribution in [0.4, 0.5) is 4.39 Å². The van der Waals surface area contributed by atoms with Crippen LogP contribution in [0.5, 0.6) is 0 Å². The first-order valence-electron chi connectivity index (χ1n) is 8.29. The molecule has 0 spiro atoms. The van der Waals surface area contributed by atoms with Crippen LogP contribution in [0.15, 0.2) is 54.6 Å². The van der Waals surface area contributed by atoms with Crippen molar-refractivity contribution < 1.29 is 9.18 Å². The summed E-state index contributed by atoms with van der Waals surface area (Å²) in [5.74, 6) is -0.177. The molecule has 2 aromatic rings. The van der Waals surface area contributed by atoms with Crippen molar-refractivity contribution in [1.29, 1.82) is 0 Å². The summed E-state index contributed by atoms with van der Waals surface area (Å²) >= 11 is 0. The predicted molar refractivity (Wildman–Crippen MR) is 89.7 cm³/mol.